The molecule has 2 fully saturated rings. The first-order valence-corrected chi connectivity index (χ1v) is 9.11. The predicted octanol–water partition coefficient (Wildman–Crippen LogP) is 1.93. The van der Waals surface area contributed by atoms with E-state index in [0.29, 0.717) is 11.7 Å². The maximum atomic E-state index is 12.6. The number of nitrogen functional groups attached to an aromatic ring is 1. The van der Waals surface area contributed by atoms with Gasteiger partial charge in [-0.3, -0.25) is 9.78 Å². The summed E-state index contributed by atoms with van der Waals surface area (Å²) in [5.74, 6) is 0.941. The van der Waals surface area contributed by atoms with Crippen molar-refractivity contribution in [2.75, 3.05) is 18.8 Å². The van der Waals surface area contributed by atoms with Crippen molar-refractivity contribution in [2.24, 2.45) is 5.92 Å². The lowest BCUT2D eigenvalue weighted by atomic mass is 9.82. The topological polar surface area (TPSA) is 92.3 Å². The summed E-state index contributed by atoms with van der Waals surface area (Å²) in [6.07, 6.45) is 11.1. The molecule has 0 bridgehead atoms. The molecule has 3 rings (SSSR count). The largest absolute Gasteiger partial charge is 0.389 e. The van der Waals surface area contributed by atoms with Crippen molar-refractivity contribution in [1.29, 1.82) is 0 Å². The number of rotatable bonds is 4. The summed E-state index contributed by atoms with van der Waals surface area (Å²) < 4.78 is 0. The number of carbonyl (C=O) groups is 1. The second-order valence-electron chi connectivity index (χ2n) is 7.40. The summed E-state index contributed by atoms with van der Waals surface area (Å²) in [7, 11) is 0. The van der Waals surface area contributed by atoms with Gasteiger partial charge in [-0.2, -0.15) is 0 Å². The molecule has 1 saturated heterocycles. The minimum atomic E-state index is -0.780. The molecule has 1 aliphatic carbocycles. The Hall–Kier alpha value is -1.69. The van der Waals surface area contributed by atoms with E-state index < -0.39 is 5.60 Å². The second-order valence-corrected chi connectivity index (χ2v) is 7.40. The Labute approximate surface area is 143 Å². The molecular formula is C18H28N4O2. The van der Waals surface area contributed by atoms with Gasteiger partial charge in [0.2, 0.25) is 5.91 Å². The van der Waals surface area contributed by atoms with Crippen molar-refractivity contribution < 1.29 is 9.90 Å². The van der Waals surface area contributed by atoms with Crippen LogP contribution in [0.3, 0.4) is 0 Å². The monoisotopic (exact) mass is 332 g/mol. The van der Waals surface area contributed by atoms with Crippen molar-refractivity contribution in [3.8, 4) is 0 Å². The summed E-state index contributed by atoms with van der Waals surface area (Å²) in [6, 6.07) is 0. The fraction of sp³-hybridized carbons (Fsp3) is 0.722. The highest BCUT2D eigenvalue weighted by atomic mass is 16.3. The number of carbonyl (C=O) groups excluding carboxylic acids is 1. The number of nitrogens with zero attached hydrogens (tertiary/aromatic N) is 3. The van der Waals surface area contributed by atoms with E-state index in [2.05, 4.69) is 9.97 Å². The lowest BCUT2D eigenvalue weighted by Crippen LogP contribution is -2.45. The number of nitrogens with two attached hydrogens (primary N) is 1. The van der Waals surface area contributed by atoms with E-state index in [1.807, 2.05) is 4.90 Å². The first-order valence-electron chi connectivity index (χ1n) is 9.11. The molecule has 1 saturated carbocycles. The zero-order chi connectivity index (χ0) is 17.0. The maximum Gasteiger partial charge on any atom is 0.225 e. The van der Waals surface area contributed by atoms with Crippen molar-refractivity contribution in [3.05, 3.63) is 18.1 Å². The molecule has 2 aliphatic rings. The first kappa shape index (κ1) is 17.1. The van der Waals surface area contributed by atoms with E-state index in [1.54, 1.807) is 12.4 Å². The lowest BCUT2D eigenvalue weighted by Gasteiger charge is -2.37. The highest BCUT2D eigenvalue weighted by Gasteiger charge is 2.34. The highest BCUT2D eigenvalue weighted by Crippen LogP contribution is 2.32. The first-order chi connectivity index (χ1) is 11.6. The highest BCUT2D eigenvalue weighted by molar-refractivity contribution is 5.77. The third kappa shape index (κ3) is 4.23. The lowest BCUT2D eigenvalue weighted by molar-refractivity contribution is -0.139. The van der Waals surface area contributed by atoms with Crippen molar-refractivity contribution in [2.45, 2.75) is 63.4 Å². The van der Waals surface area contributed by atoms with Crippen LogP contribution in [0.25, 0.3) is 0 Å². The van der Waals surface area contributed by atoms with Crippen molar-refractivity contribution in [3.63, 3.8) is 0 Å². The van der Waals surface area contributed by atoms with E-state index in [0.717, 1.165) is 63.7 Å². The van der Waals surface area contributed by atoms with Crippen LogP contribution in [0.1, 0.15) is 57.1 Å². The van der Waals surface area contributed by atoms with Gasteiger partial charge in [-0.05, 0) is 38.0 Å². The predicted molar refractivity (Wildman–Crippen MR) is 92.1 cm³/mol. The van der Waals surface area contributed by atoms with Gasteiger partial charge in [-0.1, -0.05) is 19.3 Å². The Morgan fingerprint density at radius 2 is 2.00 bits per heavy atom. The summed E-state index contributed by atoms with van der Waals surface area (Å²) in [5, 5.41) is 10.6. The average Bonchev–Trinajstić information content (AvgIpc) is 2.57. The number of hydrogen-bond donors (Lipinski definition) is 2. The smallest absolute Gasteiger partial charge is 0.225 e. The molecule has 3 N–H and O–H groups in total. The van der Waals surface area contributed by atoms with Gasteiger partial charge >= 0.3 is 0 Å². The molecule has 6 nitrogen and oxygen atoms in total. The second kappa shape index (κ2) is 7.47. The number of aliphatic hydroxyl groups is 1. The average molecular weight is 332 g/mol. The molecule has 1 aliphatic heterocycles. The van der Waals surface area contributed by atoms with Gasteiger partial charge in [-0.15, -0.1) is 0 Å². The molecule has 2 heterocycles. The fourth-order valence-electron chi connectivity index (χ4n) is 4.05. The number of likely N-dealkylation sites (tertiary alicyclic amines) is 1. The number of piperidine rings is 1. The van der Waals surface area contributed by atoms with Gasteiger partial charge in [0.1, 0.15) is 5.82 Å². The van der Waals surface area contributed by atoms with Gasteiger partial charge < -0.3 is 15.7 Å². The summed E-state index contributed by atoms with van der Waals surface area (Å²) >= 11 is 0. The maximum absolute atomic E-state index is 12.6. The molecule has 1 unspecified atom stereocenters. The number of hydrogen-bond acceptors (Lipinski definition) is 5. The van der Waals surface area contributed by atoms with Crippen LogP contribution in [0.5, 0.6) is 0 Å². The molecule has 0 aromatic carbocycles. The van der Waals surface area contributed by atoms with Gasteiger partial charge in [0.15, 0.2) is 0 Å². The van der Waals surface area contributed by atoms with Crippen molar-refractivity contribution >= 4 is 11.7 Å². The van der Waals surface area contributed by atoms with E-state index >= 15 is 0 Å². The van der Waals surface area contributed by atoms with Crippen LogP contribution in [-0.2, 0) is 11.2 Å². The molecule has 0 radical (unpaired) electrons. The Balaban J connectivity index is 1.56. The molecule has 24 heavy (non-hydrogen) atoms. The molecule has 0 spiro atoms. The van der Waals surface area contributed by atoms with E-state index in [-0.39, 0.29) is 12.3 Å². The van der Waals surface area contributed by atoms with E-state index in [9.17, 15) is 9.90 Å². The molecule has 1 atom stereocenters. The van der Waals surface area contributed by atoms with Crippen LogP contribution in [0.15, 0.2) is 12.4 Å². The quantitative estimate of drug-likeness (QED) is 0.879. The fourth-order valence-corrected chi connectivity index (χ4v) is 4.05. The zero-order valence-corrected chi connectivity index (χ0v) is 14.3. The van der Waals surface area contributed by atoms with Gasteiger partial charge in [0, 0.05) is 25.5 Å². The number of anilines is 1. The van der Waals surface area contributed by atoms with Crippen LogP contribution < -0.4 is 5.73 Å². The van der Waals surface area contributed by atoms with Crippen molar-refractivity contribution in [1.82, 2.24) is 14.9 Å². The Morgan fingerprint density at radius 1 is 1.25 bits per heavy atom. The molecule has 6 heteroatoms. The Kier molecular flexibility index (Phi) is 5.33. The van der Waals surface area contributed by atoms with Gasteiger partial charge in [0.25, 0.3) is 0 Å². The molecule has 1 aromatic rings. The van der Waals surface area contributed by atoms with Crippen LogP contribution in [-0.4, -0.2) is 44.6 Å². The minimum absolute atomic E-state index is 0.0937. The zero-order valence-electron chi connectivity index (χ0n) is 14.3. The third-order valence-electron chi connectivity index (χ3n) is 5.42. The molecule has 132 valence electrons. The molecule has 1 amide bonds. The van der Waals surface area contributed by atoms with Gasteiger partial charge in [0.05, 0.1) is 17.7 Å². The van der Waals surface area contributed by atoms with Crippen LogP contribution in [0.2, 0.25) is 0 Å². The van der Waals surface area contributed by atoms with E-state index in [4.69, 9.17) is 5.73 Å². The molecular weight excluding hydrogens is 304 g/mol. The normalized spacial score (nSPS) is 23.9. The summed E-state index contributed by atoms with van der Waals surface area (Å²) in [5.41, 5.74) is 5.93. The third-order valence-corrected chi connectivity index (χ3v) is 5.42. The Morgan fingerprint density at radius 3 is 2.75 bits per heavy atom. The molecule has 1 aromatic heterocycles. The summed E-state index contributed by atoms with van der Waals surface area (Å²) in [4.78, 5) is 23.0. The van der Waals surface area contributed by atoms with Crippen LogP contribution >= 0.6 is 0 Å². The summed E-state index contributed by atoms with van der Waals surface area (Å²) in [6.45, 7) is 1.52. The SMILES string of the molecule is Nc1nccnc1CC1CCCN(C(=O)CC2(O)CCCCC2)C1. The van der Waals surface area contributed by atoms with Crippen LogP contribution in [0, 0.1) is 5.92 Å². The number of aromatic nitrogens is 2. The number of amides is 1. The van der Waals surface area contributed by atoms with E-state index in [1.165, 1.54) is 6.42 Å². The van der Waals surface area contributed by atoms with Crippen LogP contribution in [0.4, 0.5) is 5.82 Å². The standard InChI is InChI=1S/C18H28N4O2/c19-17-15(20-8-9-21-17)11-14-5-4-10-22(13-14)16(23)12-18(24)6-2-1-3-7-18/h8-9,14,24H,1-7,10-13H2,(H2,19,21). The van der Waals surface area contributed by atoms with Gasteiger partial charge in [-0.25, -0.2) is 4.98 Å². The Bertz CT molecular complexity index is 572. The minimum Gasteiger partial charge on any atom is -0.389 e.